The molecule has 1 rings (SSSR count). The van der Waals surface area contributed by atoms with Gasteiger partial charge in [0.05, 0.1) is 12.5 Å². The lowest BCUT2D eigenvalue weighted by atomic mass is 10.1. The largest absolute Gasteiger partial charge is 0.396 e. The quantitative estimate of drug-likeness (QED) is 0.614. The topological polar surface area (TPSA) is 72.0 Å². The van der Waals surface area contributed by atoms with Gasteiger partial charge in [0.15, 0.2) is 0 Å². The van der Waals surface area contributed by atoms with Gasteiger partial charge in [-0.1, -0.05) is 0 Å². The number of aliphatic hydroxyl groups is 1. The van der Waals surface area contributed by atoms with Crippen LogP contribution in [0.5, 0.6) is 0 Å². The summed E-state index contributed by atoms with van der Waals surface area (Å²) in [6.07, 6.45) is 3.28. The molecular weight excluding hydrogens is 142 g/mol. The number of aromatic nitrogens is 2. The van der Waals surface area contributed by atoms with Crippen molar-refractivity contribution in [3.8, 4) is 0 Å². The molecule has 1 atom stereocenters. The molecule has 0 spiro atoms. The van der Waals surface area contributed by atoms with Crippen LogP contribution in [0.2, 0.25) is 0 Å². The highest BCUT2D eigenvalue weighted by atomic mass is 16.3. The monoisotopic (exact) mass is 153 g/mol. The molecule has 4 nitrogen and oxygen atoms in total. The number of hydrogen-bond acceptors (Lipinski definition) is 4. The van der Waals surface area contributed by atoms with Crippen LogP contribution in [0.1, 0.15) is 11.7 Å². The van der Waals surface area contributed by atoms with E-state index in [9.17, 15) is 0 Å². The molecule has 0 fully saturated rings. The molecular formula is C7H11N3O. The van der Waals surface area contributed by atoms with Gasteiger partial charge < -0.3 is 10.8 Å². The Morgan fingerprint density at radius 3 is 2.55 bits per heavy atom. The molecule has 0 aliphatic heterocycles. The molecule has 1 heterocycles. The molecule has 0 aliphatic rings. The Kier molecular flexibility index (Phi) is 2.95. The van der Waals surface area contributed by atoms with Crippen LogP contribution >= 0.6 is 0 Å². The second-order valence-electron chi connectivity index (χ2n) is 2.22. The molecule has 1 aromatic rings. The molecule has 0 radical (unpaired) electrons. The lowest BCUT2D eigenvalue weighted by Gasteiger charge is -2.07. The average molecular weight is 153 g/mol. The molecule has 60 valence electrons. The van der Waals surface area contributed by atoms with Crippen LogP contribution in [-0.2, 0) is 0 Å². The standard InChI is InChI=1S/C7H11N3O/c8-4-6(5-11)7-9-2-1-3-10-7/h1-3,6,11H,4-5,8H2. The number of nitrogens with two attached hydrogens (primary N) is 1. The zero-order valence-electron chi connectivity index (χ0n) is 6.14. The summed E-state index contributed by atoms with van der Waals surface area (Å²) in [7, 11) is 0. The Morgan fingerprint density at radius 1 is 1.45 bits per heavy atom. The zero-order chi connectivity index (χ0) is 8.10. The van der Waals surface area contributed by atoms with Crippen molar-refractivity contribution in [2.45, 2.75) is 5.92 Å². The Balaban J connectivity index is 2.74. The third-order valence-corrected chi connectivity index (χ3v) is 1.46. The van der Waals surface area contributed by atoms with E-state index in [-0.39, 0.29) is 12.5 Å². The summed E-state index contributed by atoms with van der Waals surface area (Å²) in [6.45, 7) is 0.376. The van der Waals surface area contributed by atoms with E-state index < -0.39 is 0 Å². The lowest BCUT2D eigenvalue weighted by Crippen LogP contribution is -2.18. The van der Waals surface area contributed by atoms with Crippen molar-refractivity contribution in [3.05, 3.63) is 24.3 Å². The SMILES string of the molecule is NCC(CO)c1ncccn1. The molecule has 0 aromatic carbocycles. The van der Waals surface area contributed by atoms with Crippen LogP contribution in [-0.4, -0.2) is 28.2 Å². The Bertz CT molecular complexity index is 198. The molecule has 0 saturated heterocycles. The van der Waals surface area contributed by atoms with E-state index in [0.717, 1.165) is 0 Å². The van der Waals surface area contributed by atoms with Crippen LogP contribution in [0.3, 0.4) is 0 Å². The van der Waals surface area contributed by atoms with Crippen LogP contribution in [0.15, 0.2) is 18.5 Å². The van der Waals surface area contributed by atoms with Gasteiger partial charge >= 0.3 is 0 Å². The average Bonchev–Trinajstić information content (AvgIpc) is 2.09. The van der Waals surface area contributed by atoms with Gasteiger partial charge in [-0.15, -0.1) is 0 Å². The summed E-state index contributed by atoms with van der Waals surface area (Å²) >= 11 is 0. The predicted molar refractivity (Wildman–Crippen MR) is 40.9 cm³/mol. The Labute approximate surface area is 65.1 Å². The van der Waals surface area contributed by atoms with E-state index in [1.54, 1.807) is 18.5 Å². The first-order valence-electron chi connectivity index (χ1n) is 3.46. The van der Waals surface area contributed by atoms with Crippen LogP contribution < -0.4 is 5.73 Å². The van der Waals surface area contributed by atoms with Crippen molar-refractivity contribution in [1.82, 2.24) is 9.97 Å². The van der Waals surface area contributed by atoms with Gasteiger partial charge in [-0.3, -0.25) is 0 Å². The minimum Gasteiger partial charge on any atom is -0.396 e. The van der Waals surface area contributed by atoms with Crippen molar-refractivity contribution in [3.63, 3.8) is 0 Å². The highest BCUT2D eigenvalue weighted by molar-refractivity contribution is 4.97. The maximum Gasteiger partial charge on any atom is 0.134 e. The fourth-order valence-corrected chi connectivity index (χ4v) is 0.783. The van der Waals surface area contributed by atoms with Gasteiger partial charge in [0.1, 0.15) is 5.82 Å². The molecule has 11 heavy (non-hydrogen) atoms. The molecule has 0 saturated carbocycles. The first-order chi connectivity index (χ1) is 5.38. The van der Waals surface area contributed by atoms with Crippen LogP contribution in [0.4, 0.5) is 0 Å². The zero-order valence-corrected chi connectivity index (χ0v) is 6.14. The van der Waals surface area contributed by atoms with Gasteiger partial charge in [-0.05, 0) is 6.07 Å². The van der Waals surface area contributed by atoms with E-state index in [0.29, 0.717) is 12.4 Å². The molecule has 1 unspecified atom stereocenters. The molecule has 1 aromatic heterocycles. The van der Waals surface area contributed by atoms with Crippen LogP contribution in [0, 0.1) is 0 Å². The molecule has 0 aliphatic carbocycles. The van der Waals surface area contributed by atoms with E-state index in [2.05, 4.69) is 9.97 Å². The fraction of sp³-hybridized carbons (Fsp3) is 0.429. The number of hydrogen-bond donors (Lipinski definition) is 2. The summed E-state index contributed by atoms with van der Waals surface area (Å²) < 4.78 is 0. The summed E-state index contributed by atoms with van der Waals surface area (Å²) in [5, 5.41) is 8.82. The van der Waals surface area contributed by atoms with Crippen molar-refractivity contribution in [1.29, 1.82) is 0 Å². The smallest absolute Gasteiger partial charge is 0.134 e. The summed E-state index contributed by atoms with van der Waals surface area (Å²) in [5.41, 5.74) is 5.38. The summed E-state index contributed by atoms with van der Waals surface area (Å²) in [5.74, 6) is 0.480. The summed E-state index contributed by atoms with van der Waals surface area (Å²) in [6, 6.07) is 1.73. The highest BCUT2D eigenvalue weighted by Crippen LogP contribution is 2.05. The maximum absolute atomic E-state index is 8.82. The predicted octanol–water partition coefficient (Wildman–Crippen LogP) is -0.489. The van der Waals surface area contributed by atoms with Gasteiger partial charge in [0.25, 0.3) is 0 Å². The second kappa shape index (κ2) is 4.00. The normalized spacial score (nSPS) is 12.9. The molecule has 4 heteroatoms. The van der Waals surface area contributed by atoms with E-state index in [4.69, 9.17) is 10.8 Å². The van der Waals surface area contributed by atoms with E-state index in [1.165, 1.54) is 0 Å². The number of aliphatic hydroxyl groups excluding tert-OH is 1. The third-order valence-electron chi connectivity index (χ3n) is 1.46. The van der Waals surface area contributed by atoms with Gasteiger partial charge in [0.2, 0.25) is 0 Å². The molecule has 3 N–H and O–H groups in total. The third kappa shape index (κ3) is 1.96. The Hall–Kier alpha value is -1.00. The number of nitrogens with zero attached hydrogens (tertiary/aromatic N) is 2. The van der Waals surface area contributed by atoms with Gasteiger partial charge in [-0.25, -0.2) is 9.97 Å². The number of rotatable bonds is 3. The first-order valence-corrected chi connectivity index (χ1v) is 3.46. The van der Waals surface area contributed by atoms with E-state index >= 15 is 0 Å². The van der Waals surface area contributed by atoms with Gasteiger partial charge in [-0.2, -0.15) is 0 Å². The van der Waals surface area contributed by atoms with Crippen molar-refractivity contribution >= 4 is 0 Å². The van der Waals surface area contributed by atoms with Crippen LogP contribution in [0.25, 0.3) is 0 Å². The Morgan fingerprint density at radius 2 is 2.09 bits per heavy atom. The summed E-state index contributed by atoms with van der Waals surface area (Å²) in [4.78, 5) is 7.94. The molecule has 0 bridgehead atoms. The molecule has 0 amide bonds. The van der Waals surface area contributed by atoms with Gasteiger partial charge in [0, 0.05) is 18.9 Å². The van der Waals surface area contributed by atoms with Crippen molar-refractivity contribution in [2.24, 2.45) is 5.73 Å². The van der Waals surface area contributed by atoms with Crippen molar-refractivity contribution < 1.29 is 5.11 Å². The minimum absolute atomic E-state index is 0.000509. The lowest BCUT2D eigenvalue weighted by molar-refractivity contribution is 0.263. The highest BCUT2D eigenvalue weighted by Gasteiger charge is 2.09. The first kappa shape index (κ1) is 8.10. The van der Waals surface area contributed by atoms with Crippen molar-refractivity contribution in [2.75, 3.05) is 13.2 Å². The minimum atomic E-state index is -0.129. The van der Waals surface area contributed by atoms with E-state index in [1.807, 2.05) is 0 Å². The fourth-order valence-electron chi connectivity index (χ4n) is 0.783. The maximum atomic E-state index is 8.82. The second-order valence-corrected chi connectivity index (χ2v) is 2.22.